The zero-order valence-corrected chi connectivity index (χ0v) is 17.7. The predicted octanol–water partition coefficient (Wildman–Crippen LogP) is 1.86. The fraction of sp³-hybridized carbons (Fsp3) is 0.913. The number of rotatable bonds is 2. The van der Waals surface area contributed by atoms with Gasteiger partial charge in [-0.05, 0) is 74.5 Å². The third-order valence-corrected chi connectivity index (χ3v) is 10.3. The average Bonchev–Trinajstić information content (AvgIpc) is 3.21. The molecule has 1 saturated heterocycles. The third-order valence-electron chi connectivity index (χ3n) is 10.3. The average molecular weight is 423 g/mol. The highest BCUT2D eigenvalue weighted by molar-refractivity contribution is 5.77. The normalized spacial score (nSPS) is 55.3. The van der Waals surface area contributed by atoms with Gasteiger partial charge in [0.15, 0.2) is 0 Å². The van der Waals surface area contributed by atoms with E-state index in [-0.39, 0.29) is 47.9 Å². The van der Waals surface area contributed by atoms with Gasteiger partial charge in [0.25, 0.3) is 0 Å². The second-order valence-electron chi connectivity index (χ2n) is 11.1. The van der Waals surface area contributed by atoms with Gasteiger partial charge in [0.2, 0.25) is 0 Å². The van der Waals surface area contributed by atoms with Crippen LogP contribution in [0.1, 0.15) is 71.1 Å². The van der Waals surface area contributed by atoms with Crippen molar-refractivity contribution in [1.82, 2.24) is 0 Å². The Kier molecular flexibility index (Phi) is 4.43. The highest BCUT2D eigenvalue weighted by atomic mass is 16.5. The predicted molar refractivity (Wildman–Crippen MR) is 105 cm³/mol. The van der Waals surface area contributed by atoms with Crippen LogP contribution in [0.4, 0.5) is 0 Å². The summed E-state index contributed by atoms with van der Waals surface area (Å²) in [6.45, 7) is 2.54. The van der Waals surface area contributed by atoms with Crippen LogP contribution in [0.3, 0.4) is 0 Å². The molecule has 5 aliphatic rings. The molecule has 0 bridgehead atoms. The third kappa shape index (κ3) is 2.37. The van der Waals surface area contributed by atoms with Crippen LogP contribution in [0.2, 0.25) is 0 Å². The second kappa shape index (κ2) is 6.42. The standard InChI is InChI=1S/C23H34O7/c1-20-6-3-16-17(23(20,29)9-5-15(20)13-10-18(25)30-12-13)4-7-21(28)11-14(24)2-8-22(16,21)19(26)27/h13-17,24,28-29H,2-12H2,1H3,(H,26,27)/t13?,14-,15+,16-,17+,20+,21-,22+,23-/m0/s1. The summed E-state index contributed by atoms with van der Waals surface area (Å²) in [6.07, 6.45) is 4.08. The molecule has 0 radical (unpaired) electrons. The van der Waals surface area contributed by atoms with E-state index in [0.29, 0.717) is 51.6 Å². The molecule has 1 aliphatic heterocycles. The lowest BCUT2D eigenvalue weighted by molar-refractivity contribution is -0.262. The van der Waals surface area contributed by atoms with Gasteiger partial charge >= 0.3 is 11.9 Å². The van der Waals surface area contributed by atoms with Crippen molar-refractivity contribution in [1.29, 1.82) is 0 Å². The Balaban J connectivity index is 1.51. The Morgan fingerprint density at radius 3 is 2.37 bits per heavy atom. The second-order valence-corrected chi connectivity index (χ2v) is 11.1. The number of carboxylic acids is 1. The van der Waals surface area contributed by atoms with Gasteiger partial charge in [-0.15, -0.1) is 0 Å². The van der Waals surface area contributed by atoms with Crippen molar-refractivity contribution in [3.63, 3.8) is 0 Å². The van der Waals surface area contributed by atoms with Crippen molar-refractivity contribution >= 4 is 11.9 Å². The Morgan fingerprint density at radius 1 is 1.00 bits per heavy atom. The van der Waals surface area contributed by atoms with Crippen molar-refractivity contribution in [2.45, 2.75) is 88.4 Å². The fourth-order valence-electron chi connectivity index (χ4n) is 8.89. The van der Waals surface area contributed by atoms with Gasteiger partial charge in [0.1, 0.15) is 0 Å². The van der Waals surface area contributed by atoms with Crippen LogP contribution >= 0.6 is 0 Å². The highest BCUT2D eigenvalue weighted by Gasteiger charge is 2.73. The summed E-state index contributed by atoms with van der Waals surface area (Å²) in [5, 5.41) is 44.2. The number of aliphatic hydroxyl groups excluding tert-OH is 1. The molecule has 0 aromatic carbocycles. The molecule has 9 atom stereocenters. The largest absolute Gasteiger partial charge is 0.481 e. The molecule has 5 fully saturated rings. The van der Waals surface area contributed by atoms with Crippen molar-refractivity contribution in [2.24, 2.45) is 34.5 Å². The summed E-state index contributed by atoms with van der Waals surface area (Å²) >= 11 is 0. The number of carboxylic acid groups (broad SMARTS) is 1. The maximum Gasteiger partial charge on any atom is 0.312 e. The Hall–Kier alpha value is -1.18. The molecule has 0 spiro atoms. The van der Waals surface area contributed by atoms with Crippen LogP contribution in [0.15, 0.2) is 0 Å². The summed E-state index contributed by atoms with van der Waals surface area (Å²) in [5.74, 6) is -1.34. The number of fused-ring (bicyclic) bond motifs is 5. The molecule has 0 amide bonds. The SMILES string of the molecule is C[C@]12CC[C@H]3[C@@H](CC[C@]4(O)C[C@@H](O)CC[C@]34C(=O)O)[C@@]1(O)CC[C@@H]2C1COC(=O)C1. The van der Waals surface area contributed by atoms with Crippen LogP contribution in [0, 0.1) is 34.5 Å². The molecule has 7 nitrogen and oxygen atoms in total. The number of esters is 1. The van der Waals surface area contributed by atoms with E-state index >= 15 is 0 Å². The molecular formula is C23H34O7. The fourth-order valence-corrected chi connectivity index (χ4v) is 8.89. The van der Waals surface area contributed by atoms with Crippen LogP contribution in [-0.4, -0.2) is 56.3 Å². The quantitative estimate of drug-likeness (QED) is 0.501. The molecule has 5 rings (SSSR count). The van der Waals surface area contributed by atoms with Crippen molar-refractivity contribution in [3.8, 4) is 0 Å². The van der Waals surface area contributed by atoms with Gasteiger partial charge in [-0.1, -0.05) is 6.92 Å². The summed E-state index contributed by atoms with van der Waals surface area (Å²) in [6, 6.07) is 0. The van der Waals surface area contributed by atoms with Crippen molar-refractivity contribution in [2.75, 3.05) is 6.61 Å². The van der Waals surface area contributed by atoms with E-state index in [4.69, 9.17) is 4.74 Å². The molecule has 1 unspecified atom stereocenters. The minimum atomic E-state index is -1.43. The van der Waals surface area contributed by atoms with Gasteiger partial charge in [-0.25, -0.2) is 0 Å². The van der Waals surface area contributed by atoms with E-state index in [0.717, 1.165) is 6.42 Å². The number of aliphatic hydroxyl groups is 3. The molecular weight excluding hydrogens is 388 g/mol. The van der Waals surface area contributed by atoms with Crippen LogP contribution in [0.5, 0.6) is 0 Å². The van der Waals surface area contributed by atoms with Crippen molar-refractivity contribution < 1.29 is 34.8 Å². The molecule has 4 N–H and O–H groups in total. The number of carbonyl (C=O) groups excluding carboxylic acids is 1. The summed E-state index contributed by atoms with van der Waals surface area (Å²) in [5.41, 5.74) is -4.11. The molecule has 1 heterocycles. The van der Waals surface area contributed by atoms with E-state index in [1.165, 1.54) is 0 Å². The first-order valence-corrected chi connectivity index (χ1v) is 11.6. The Bertz CT molecular complexity index is 769. The maximum absolute atomic E-state index is 12.7. The number of carbonyl (C=O) groups is 2. The topological polar surface area (TPSA) is 124 Å². The van der Waals surface area contributed by atoms with Crippen LogP contribution in [-0.2, 0) is 14.3 Å². The number of hydrogen-bond acceptors (Lipinski definition) is 6. The van der Waals surface area contributed by atoms with Gasteiger partial charge in [-0.3, -0.25) is 9.59 Å². The number of cyclic esters (lactones) is 1. The Labute approximate surface area is 176 Å². The lowest BCUT2D eigenvalue weighted by Gasteiger charge is -2.65. The smallest absolute Gasteiger partial charge is 0.312 e. The Morgan fingerprint density at radius 2 is 1.70 bits per heavy atom. The van der Waals surface area contributed by atoms with Gasteiger partial charge in [0.05, 0.1) is 35.7 Å². The monoisotopic (exact) mass is 422 g/mol. The van der Waals surface area contributed by atoms with Crippen molar-refractivity contribution in [3.05, 3.63) is 0 Å². The first-order chi connectivity index (χ1) is 14.1. The van der Waals surface area contributed by atoms with E-state index < -0.39 is 28.7 Å². The van der Waals surface area contributed by atoms with E-state index in [9.17, 15) is 30.0 Å². The molecule has 4 aliphatic carbocycles. The zero-order chi connectivity index (χ0) is 21.5. The zero-order valence-electron chi connectivity index (χ0n) is 17.7. The summed E-state index contributed by atoms with van der Waals surface area (Å²) < 4.78 is 5.23. The van der Waals surface area contributed by atoms with Crippen LogP contribution in [0.25, 0.3) is 0 Å². The van der Waals surface area contributed by atoms with E-state index in [1.807, 2.05) is 0 Å². The lowest BCUT2D eigenvalue weighted by atomic mass is 9.41. The molecule has 0 aromatic rings. The summed E-state index contributed by atoms with van der Waals surface area (Å²) in [4.78, 5) is 24.4. The first kappa shape index (κ1) is 20.7. The molecule has 0 aromatic heterocycles. The molecule has 30 heavy (non-hydrogen) atoms. The highest BCUT2D eigenvalue weighted by Crippen LogP contribution is 2.71. The van der Waals surface area contributed by atoms with E-state index in [1.54, 1.807) is 0 Å². The number of aliphatic carboxylic acids is 1. The van der Waals surface area contributed by atoms with E-state index in [2.05, 4.69) is 6.92 Å². The van der Waals surface area contributed by atoms with Gasteiger partial charge < -0.3 is 25.2 Å². The minimum Gasteiger partial charge on any atom is -0.481 e. The van der Waals surface area contributed by atoms with Gasteiger partial charge in [-0.2, -0.15) is 0 Å². The van der Waals surface area contributed by atoms with Crippen LogP contribution < -0.4 is 0 Å². The minimum absolute atomic E-state index is 0.0996. The van der Waals surface area contributed by atoms with Gasteiger partial charge in [0, 0.05) is 12.3 Å². The number of hydrogen-bond donors (Lipinski definition) is 4. The molecule has 4 saturated carbocycles. The first-order valence-electron chi connectivity index (χ1n) is 11.6. The lowest BCUT2D eigenvalue weighted by Crippen LogP contribution is -2.70. The summed E-state index contributed by atoms with van der Waals surface area (Å²) in [7, 11) is 0. The number of ether oxygens (including phenoxy) is 1. The molecule has 7 heteroatoms. The maximum atomic E-state index is 12.7. The molecule has 168 valence electrons.